The molecular weight excluding hydrogens is 424 g/mol. The molecule has 3 aromatic rings. The summed E-state index contributed by atoms with van der Waals surface area (Å²) in [5.74, 6) is 0.180. The molecule has 0 bridgehead atoms. The molecule has 0 aliphatic carbocycles. The van der Waals surface area contributed by atoms with E-state index < -0.39 is 17.6 Å². The molecule has 0 N–H and O–H groups in total. The monoisotopic (exact) mass is 446 g/mol. The molecule has 1 atom stereocenters. The van der Waals surface area contributed by atoms with Gasteiger partial charge >= 0.3 is 6.18 Å². The highest BCUT2D eigenvalue weighted by molar-refractivity contribution is 5.46. The molecule has 168 valence electrons. The van der Waals surface area contributed by atoms with Crippen LogP contribution in [-0.2, 0) is 19.0 Å². The molecule has 1 fully saturated rings. The van der Waals surface area contributed by atoms with Crippen LogP contribution in [0.25, 0.3) is 0 Å². The predicted octanol–water partition coefficient (Wildman–Crippen LogP) is 5.16. The number of ether oxygens (including phenoxy) is 1. The normalized spacial score (nSPS) is 16.4. The van der Waals surface area contributed by atoms with Gasteiger partial charge < -0.3 is 9.64 Å². The van der Waals surface area contributed by atoms with Gasteiger partial charge in [-0.05, 0) is 55.0 Å². The van der Waals surface area contributed by atoms with Gasteiger partial charge in [-0.1, -0.05) is 12.1 Å². The molecular formula is C23H22F4N4O. The number of nitrogens with zero attached hydrogens (tertiary/aromatic N) is 4. The van der Waals surface area contributed by atoms with Gasteiger partial charge in [0.15, 0.2) is 11.6 Å². The maximum atomic E-state index is 15.3. The smallest absolute Gasteiger partial charge is 0.416 e. The predicted molar refractivity (Wildman–Crippen MR) is 111 cm³/mol. The zero-order valence-corrected chi connectivity index (χ0v) is 17.4. The molecule has 9 heteroatoms. The zero-order valence-electron chi connectivity index (χ0n) is 17.4. The molecule has 1 aliphatic rings. The fourth-order valence-electron chi connectivity index (χ4n) is 4.01. The highest BCUT2D eigenvalue weighted by Crippen LogP contribution is 2.38. The summed E-state index contributed by atoms with van der Waals surface area (Å²) in [6.45, 7) is 0.570. The number of halogens is 4. The van der Waals surface area contributed by atoms with E-state index in [0.717, 1.165) is 24.1 Å². The van der Waals surface area contributed by atoms with Crippen molar-refractivity contribution < 1.29 is 22.3 Å². The van der Waals surface area contributed by atoms with Crippen molar-refractivity contribution in [3.8, 4) is 5.88 Å². The Balaban J connectivity index is 1.54. The van der Waals surface area contributed by atoms with Gasteiger partial charge in [0.05, 0.1) is 24.4 Å². The molecule has 1 unspecified atom stereocenters. The summed E-state index contributed by atoms with van der Waals surface area (Å²) in [5.41, 5.74) is 1.25. The maximum absolute atomic E-state index is 15.3. The number of anilines is 1. The van der Waals surface area contributed by atoms with E-state index in [0.29, 0.717) is 42.9 Å². The van der Waals surface area contributed by atoms with Crippen LogP contribution in [0.1, 0.15) is 41.3 Å². The highest BCUT2D eigenvalue weighted by Gasteiger charge is 2.33. The van der Waals surface area contributed by atoms with Crippen molar-refractivity contribution in [3.05, 3.63) is 77.1 Å². The Labute approximate surface area is 183 Å². The van der Waals surface area contributed by atoms with Gasteiger partial charge in [-0.15, -0.1) is 0 Å². The zero-order chi connectivity index (χ0) is 22.7. The molecule has 1 aromatic carbocycles. The van der Waals surface area contributed by atoms with Crippen molar-refractivity contribution in [2.45, 2.75) is 37.9 Å². The summed E-state index contributed by atoms with van der Waals surface area (Å²) in [5, 5.41) is 0. The van der Waals surface area contributed by atoms with Crippen LogP contribution in [0.15, 0.2) is 48.9 Å². The van der Waals surface area contributed by atoms with Crippen LogP contribution in [0.5, 0.6) is 5.88 Å². The Morgan fingerprint density at radius 1 is 1.06 bits per heavy atom. The third-order valence-corrected chi connectivity index (χ3v) is 5.65. The lowest BCUT2D eigenvalue weighted by Crippen LogP contribution is -2.25. The first-order valence-electron chi connectivity index (χ1n) is 10.3. The van der Waals surface area contributed by atoms with E-state index in [1.165, 1.54) is 25.6 Å². The molecule has 0 amide bonds. The lowest BCUT2D eigenvalue weighted by atomic mass is 10.0. The summed E-state index contributed by atoms with van der Waals surface area (Å²) in [4.78, 5) is 14.2. The third kappa shape index (κ3) is 4.66. The first-order chi connectivity index (χ1) is 15.4. The van der Waals surface area contributed by atoms with Crippen LogP contribution in [0.3, 0.4) is 0 Å². The number of pyridine rings is 1. The molecule has 0 saturated carbocycles. The summed E-state index contributed by atoms with van der Waals surface area (Å²) < 4.78 is 59.1. The molecule has 2 aromatic heterocycles. The van der Waals surface area contributed by atoms with Crippen molar-refractivity contribution >= 4 is 5.82 Å². The fourth-order valence-corrected chi connectivity index (χ4v) is 4.01. The molecule has 1 saturated heterocycles. The highest BCUT2D eigenvalue weighted by atomic mass is 19.4. The van der Waals surface area contributed by atoms with Crippen molar-refractivity contribution in [1.82, 2.24) is 15.0 Å². The topological polar surface area (TPSA) is 51.1 Å². The maximum Gasteiger partial charge on any atom is 0.416 e. The minimum atomic E-state index is -4.39. The van der Waals surface area contributed by atoms with Gasteiger partial charge in [0.25, 0.3) is 0 Å². The van der Waals surface area contributed by atoms with Crippen molar-refractivity contribution in [1.29, 1.82) is 0 Å². The van der Waals surface area contributed by atoms with Crippen LogP contribution in [0, 0.1) is 5.82 Å². The summed E-state index contributed by atoms with van der Waals surface area (Å²) in [6, 6.07) is 8.45. The van der Waals surface area contributed by atoms with E-state index in [2.05, 4.69) is 15.0 Å². The number of alkyl halides is 3. The Bertz CT molecular complexity index is 1070. The van der Waals surface area contributed by atoms with Gasteiger partial charge in [0.1, 0.15) is 6.33 Å². The van der Waals surface area contributed by atoms with Crippen LogP contribution in [0.4, 0.5) is 23.4 Å². The summed E-state index contributed by atoms with van der Waals surface area (Å²) >= 11 is 0. The first kappa shape index (κ1) is 22.0. The van der Waals surface area contributed by atoms with Crippen LogP contribution in [0.2, 0.25) is 0 Å². The molecule has 3 heterocycles. The van der Waals surface area contributed by atoms with Gasteiger partial charge in [-0.25, -0.2) is 19.3 Å². The van der Waals surface area contributed by atoms with Crippen molar-refractivity contribution in [3.63, 3.8) is 0 Å². The lowest BCUT2D eigenvalue weighted by Gasteiger charge is -2.27. The number of aromatic nitrogens is 3. The molecule has 4 rings (SSSR count). The second kappa shape index (κ2) is 9.10. The van der Waals surface area contributed by atoms with Gasteiger partial charge in [-0.2, -0.15) is 13.2 Å². The van der Waals surface area contributed by atoms with Gasteiger partial charge in [0.2, 0.25) is 5.88 Å². The summed E-state index contributed by atoms with van der Waals surface area (Å²) in [6.07, 6.45) is 1.00. The first-order valence-corrected chi connectivity index (χ1v) is 10.3. The minimum Gasteiger partial charge on any atom is -0.481 e. The SMILES string of the molecule is COc1cc(CCc2ncnc(N3CCCC3c3ccc(C(F)(F)F)cc3)c2F)ccn1. The second-order valence-electron chi connectivity index (χ2n) is 7.64. The van der Waals surface area contributed by atoms with Crippen molar-refractivity contribution in [2.75, 3.05) is 18.6 Å². The Morgan fingerprint density at radius 3 is 2.56 bits per heavy atom. The molecule has 0 spiro atoms. The molecule has 32 heavy (non-hydrogen) atoms. The average Bonchev–Trinajstić information content (AvgIpc) is 3.28. The van der Waals surface area contributed by atoms with Crippen LogP contribution >= 0.6 is 0 Å². The standard InChI is InChI=1S/C23H22F4N4O/c1-32-20-13-15(10-11-28-20)4-9-18-21(24)22(30-14-29-18)31-12-2-3-19(31)16-5-7-17(8-6-16)23(25,26)27/h5-8,10-11,13-14,19H,2-4,9,12H2,1H3. The van der Waals surface area contributed by atoms with E-state index >= 15 is 4.39 Å². The number of hydrogen-bond acceptors (Lipinski definition) is 5. The van der Waals surface area contributed by atoms with Crippen LogP contribution in [-0.4, -0.2) is 28.6 Å². The van der Waals surface area contributed by atoms with E-state index in [1.54, 1.807) is 12.3 Å². The molecule has 1 aliphatic heterocycles. The minimum absolute atomic E-state index is 0.185. The van der Waals surface area contributed by atoms with Crippen LogP contribution < -0.4 is 9.64 Å². The van der Waals surface area contributed by atoms with E-state index in [9.17, 15) is 13.2 Å². The van der Waals surface area contributed by atoms with Gasteiger partial charge in [0, 0.05) is 18.8 Å². The average molecular weight is 446 g/mol. The molecule has 0 radical (unpaired) electrons. The van der Waals surface area contributed by atoms with E-state index in [4.69, 9.17) is 4.74 Å². The fraction of sp³-hybridized carbons (Fsp3) is 0.348. The number of hydrogen-bond donors (Lipinski definition) is 0. The Kier molecular flexibility index (Phi) is 6.25. The number of rotatable bonds is 6. The van der Waals surface area contributed by atoms with Crippen molar-refractivity contribution in [2.24, 2.45) is 0 Å². The molecule has 5 nitrogen and oxygen atoms in total. The largest absolute Gasteiger partial charge is 0.481 e. The number of benzene rings is 1. The van der Waals surface area contributed by atoms with E-state index in [-0.39, 0.29) is 11.9 Å². The lowest BCUT2D eigenvalue weighted by molar-refractivity contribution is -0.137. The third-order valence-electron chi connectivity index (χ3n) is 5.65. The quantitative estimate of drug-likeness (QED) is 0.490. The number of methoxy groups -OCH3 is 1. The van der Waals surface area contributed by atoms with E-state index in [1.807, 2.05) is 11.0 Å². The Hall–Kier alpha value is -3.23. The summed E-state index contributed by atoms with van der Waals surface area (Å²) in [7, 11) is 1.53. The van der Waals surface area contributed by atoms with Gasteiger partial charge in [-0.3, -0.25) is 0 Å². The second-order valence-corrected chi connectivity index (χ2v) is 7.64. The number of aryl methyl sites for hydroxylation is 2. The Morgan fingerprint density at radius 2 is 1.84 bits per heavy atom.